The normalized spacial score (nSPS) is 13.9. The lowest BCUT2D eigenvalue weighted by molar-refractivity contribution is 0.376. The lowest BCUT2D eigenvalue weighted by Gasteiger charge is -2.29. The summed E-state index contributed by atoms with van der Waals surface area (Å²) in [6, 6.07) is 4.98. The molecular formula is C12H16Cl2FN. The molecule has 0 aromatic heterocycles. The molecule has 90 valence electrons. The first-order valence-electron chi connectivity index (χ1n) is 5.16. The van der Waals surface area contributed by atoms with E-state index in [1.165, 1.54) is 6.07 Å². The second-order valence-electron chi connectivity index (χ2n) is 4.40. The largest absolute Gasteiger partial charge is 0.306 e. The topological polar surface area (TPSA) is 12.0 Å². The second-order valence-corrected chi connectivity index (χ2v) is 5.47. The molecule has 0 saturated heterocycles. The van der Waals surface area contributed by atoms with Crippen molar-refractivity contribution >= 4 is 23.2 Å². The van der Waals surface area contributed by atoms with Crippen LogP contribution in [0.2, 0.25) is 5.02 Å². The molecule has 0 spiro atoms. The number of benzene rings is 1. The Kier molecular flexibility index (Phi) is 4.60. The van der Waals surface area contributed by atoms with Crippen molar-refractivity contribution < 1.29 is 4.39 Å². The molecule has 0 bridgehead atoms. The third-order valence-electron chi connectivity index (χ3n) is 2.76. The van der Waals surface area contributed by atoms with E-state index < -0.39 is 0 Å². The molecule has 1 unspecified atom stereocenters. The lowest BCUT2D eigenvalue weighted by Crippen LogP contribution is -2.45. The predicted octanol–water partition coefficient (Wildman–Crippen LogP) is 3.97. The molecule has 0 aliphatic carbocycles. The first-order chi connectivity index (χ1) is 7.34. The van der Waals surface area contributed by atoms with Crippen molar-refractivity contribution in [3.8, 4) is 0 Å². The Balaban J connectivity index is 2.72. The molecule has 1 aromatic rings. The average Bonchev–Trinajstić information content (AvgIpc) is 2.20. The molecule has 0 aliphatic heterocycles. The van der Waals surface area contributed by atoms with Crippen molar-refractivity contribution in [2.45, 2.75) is 38.2 Å². The van der Waals surface area contributed by atoms with Crippen LogP contribution in [0.25, 0.3) is 0 Å². The number of nitrogens with one attached hydrogen (secondary N) is 1. The third-order valence-corrected chi connectivity index (χ3v) is 3.60. The van der Waals surface area contributed by atoms with Gasteiger partial charge in [0, 0.05) is 23.0 Å². The molecule has 1 N–H and O–H groups in total. The van der Waals surface area contributed by atoms with Gasteiger partial charge in [-0.05, 0) is 26.8 Å². The second kappa shape index (κ2) is 5.35. The molecule has 1 aromatic carbocycles. The molecule has 0 amide bonds. The van der Waals surface area contributed by atoms with Crippen LogP contribution in [-0.4, -0.2) is 10.9 Å². The van der Waals surface area contributed by atoms with Gasteiger partial charge in [-0.2, -0.15) is 0 Å². The van der Waals surface area contributed by atoms with Gasteiger partial charge in [0.1, 0.15) is 5.82 Å². The fourth-order valence-electron chi connectivity index (χ4n) is 1.15. The van der Waals surface area contributed by atoms with Crippen LogP contribution in [0.15, 0.2) is 18.2 Å². The summed E-state index contributed by atoms with van der Waals surface area (Å²) in [7, 11) is 0. The van der Waals surface area contributed by atoms with Gasteiger partial charge < -0.3 is 5.32 Å². The van der Waals surface area contributed by atoms with Gasteiger partial charge in [-0.3, -0.25) is 0 Å². The Hall–Kier alpha value is -0.310. The summed E-state index contributed by atoms with van der Waals surface area (Å²) in [5.74, 6) is -0.366. The van der Waals surface area contributed by atoms with Crippen LogP contribution in [0.4, 0.5) is 4.39 Å². The summed E-state index contributed by atoms with van der Waals surface area (Å²) in [5, 5.41) is 3.31. The van der Waals surface area contributed by atoms with Gasteiger partial charge in [-0.25, -0.2) is 4.39 Å². The maximum absolute atomic E-state index is 13.6. The molecule has 16 heavy (non-hydrogen) atoms. The van der Waals surface area contributed by atoms with Gasteiger partial charge in [-0.15, -0.1) is 11.6 Å². The zero-order valence-electron chi connectivity index (χ0n) is 9.65. The number of hydrogen-bond donors (Lipinski definition) is 1. The predicted molar refractivity (Wildman–Crippen MR) is 67.6 cm³/mol. The standard InChI is InChI=1S/C12H16Cl2FN/c1-8(13)12(2,3)16-7-9-5-4-6-10(14)11(9)15/h4-6,8,16H,7H2,1-3H3. The first-order valence-corrected chi connectivity index (χ1v) is 5.98. The highest BCUT2D eigenvalue weighted by molar-refractivity contribution is 6.30. The number of rotatable bonds is 4. The molecule has 0 aliphatic rings. The Morgan fingerprint density at radius 3 is 2.62 bits per heavy atom. The van der Waals surface area contributed by atoms with Gasteiger partial charge in [0.25, 0.3) is 0 Å². The minimum atomic E-state index is -0.366. The smallest absolute Gasteiger partial charge is 0.146 e. The summed E-state index contributed by atoms with van der Waals surface area (Å²) < 4.78 is 13.6. The van der Waals surface area contributed by atoms with Crippen molar-refractivity contribution in [1.82, 2.24) is 5.32 Å². The maximum Gasteiger partial charge on any atom is 0.146 e. The van der Waals surface area contributed by atoms with Gasteiger partial charge in [0.2, 0.25) is 0 Å². The van der Waals surface area contributed by atoms with E-state index >= 15 is 0 Å². The highest BCUT2D eigenvalue weighted by atomic mass is 35.5. The van der Waals surface area contributed by atoms with Crippen LogP contribution in [0.3, 0.4) is 0 Å². The van der Waals surface area contributed by atoms with Crippen LogP contribution in [0.1, 0.15) is 26.3 Å². The Morgan fingerprint density at radius 2 is 2.06 bits per heavy atom. The summed E-state index contributed by atoms with van der Waals surface area (Å²) in [6.45, 7) is 6.28. The molecule has 1 rings (SSSR count). The van der Waals surface area contributed by atoms with Gasteiger partial charge in [0.15, 0.2) is 0 Å². The SMILES string of the molecule is CC(Cl)C(C)(C)NCc1cccc(Cl)c1F. The quantitative estimate of drug-likeness (QED) is 0.811. The summed E-state index contributed by atoms with van der Waals surface area (Å²) in [5.41, 5.74) is 0.300. The van der Waals surface area contributed by atoms with E-state index in [-0.39, 0.29) is 21.8 Å². The van der Waals surface area contributed by atoms with Gasteiger partial charge >= 0.3 is 0 Å². The van der Waals surface area contributed by atoms with Gasteiger partial charge in [0.05, 0.1) is 5.02 Å². The van der Waals surface area contributed by atoms with Crippen LogP contribution in [-0.2, 0) is 6.54 Å². The summed E-state index contributed by atoms with van der Waals surface area (Å²) in [4.78, 5) is 0. The van der Waals surface area contributed by atoms with E-state index in [2.05, 4.69) is 5.32 Å². The number of hydrogen-bond acceptors (Lipinski definition) is 1. The van der Waals surface area contributed by atoms with E-state index in [1.54, 1.807) is 12.1 Å². The van der Waals surface area contributed by atoms with Gasteiger partial charge in [-0.1, -0.05) is 23.7 Å². The Labute approximate surface area is 106 Å². The molecule has 4 heteroatoms. The van der Waals surface area contributed by atoms with Crippen LogP contribution < -0.4 is 5.32 Å². The highest BCUT2D eigenvalue weighted by Crippen LogP contribution is 2.20. The third kappa shape index (κ3) is 3.34. The highest BCUT2D eigenvalue weighted by Gasteiger charge is 2.23. The van der Waals surface area contributed by atoms with Crippen molar-refractivity contribution in [2.24, 2.45) is 0 Å². The fourth-order valence-corrected chi connectivity index (χ4v) is 1.42. The van der Waals surface area contributed by atoms with E-state index in [1.807, 2.05) is 20.8 Å². The monoisotopic (exact) mass is 263 g/mol. The minimum absolute atomic E-state index is 0.0465. The van der Waals surface area contributed by atoms with E-state index in [0.29, 0.717) is 12.1 Å². The average molecular weight is 264 g/mol. The molecular weight excluding hydrogens is 248 g/mol. The molecule has 0 heterocycles. The maximum atomic E-state index is 13.6. The Bertz CT molecular complexity index is 364. The van der Waals surface area contributed by atoms with Crippen LogP contribution >= 0.6 is 23.2 Å². The first kappa shape index (κ1) is 13.8. The Morgan fingerprint density at radius 1 is 1.44 bits per heavy atom. The zero-order valence-corrected chi connectivity index (χ0v) is 11.2. The van der Waals surface area contributed by atoms with Crippen molar-refractivity contribution in [2.75, 3.05) is 0 Å². The number of alkyl halides is 1. The zero-order chi connectivity index (χ0) is 12.3. The van der Waals surface area contributed by atoms with Crippen LogP contribution in [0, 0.1) is 5.82 Å². The van der Waals surface area contributed by atoms with Crippen molar-refractivity contribution in [1.29, 1.82) is 0 Å². The molecule has 0 saturated carbocycles. The van der Waals surface area contributed by atoms with E-state index in [0.717, 1.165) is 0 Å². The van der Waals surface area contributed by atoms with Crippen molar-refractivity contribution in [3.63, 3.8) is 0 Å². The number of halogens is 3. The van der Waals surface area contributed by atoms with Crippen molar-refractivity contribution in [3.05, 3.63) is 34.6 Å². The van der Waals surface area contributed by atoms with E-state index in [4.69, 9.17) is 23.2 Å². The summed E-state index contributed by atoms with van der Waals surface area (Å²) >= 11 is 11.7. The molecule has 0 fully saturated rings. The molecule has 1 nitrogen and oxygen atoms in total. The summed E-state index contributed by atoms with van der Waals surface area (Å²) in [6.07, 6.45) is 0. The fraction of sp³-hybridized carbons (Fsp3) is 0.500. The molecule has 1 atom stereocenters. The lowest BCUT2D eigenvalue weighted by atomic mass is 10.0. The molecule has 0 radical (unpaired) electrons. The van der Waals surface area contributed by atoms with E-state index in [9.17, 15) is 4.39 Å². The van der Waals surface area contributed by atoms with Crippen LogP contribution in [0.5, 0.6) is 0 Å². The minimum Gasteiger partial charge on any atom is -0.306 e.